The number of hydrogen-bond acceptors (Lipinski definition) is 7. The quantitative estimate of drug-likeness (QED) is 0.588. The number of nitrogens with one attached hydrogen (secondary N) is 1. The summed E-state index contributed by atoms with van der Waals surface area (Å²) in [6.07, 6.45) is 1.35. The zero-order valence-electron chi connectivity index (χ0n) is 15.1. The van der Waals surface area contributed by atoms with E-state index < -0.39 is 9.94 Å². The van der Waals surface area contributed by atoms with Crippen LogP contribution in [0.15, 0.2) is 53.6 Å². The predicted octanol–water partition coefficient (Wildman–Crippen LogP) is 2.71. The Morgan fingerprint density at radius 3 is 2.48 bits per heavy atom. The molecule has 0 radical (unpaired) electrons. The number of phenols is 1. The molecule has 2 aromatic rings. The van der Waals surface area contributed by atoms with Crippen LogP contribution in [0.1, 0.15) is 11.1 Å². The van der Waals surface area contributed by atoms with Gasteiger partial charge in [-0.2, -0.15) is 0 Å². The van der Waals surface area contributed by atoms with Crippen LogP contribution in [-0.2, 0) is 11.3 Å². The van der Waals surface area contributed by atoms with Gasteiger partial charge in [0.05, 0.1) is 12.8 Å². The fourth-order valence-electron chi connectivity index (χ4n) is 2.58. The average molecular weight is 385 g/mol. The number of aromatic hydroxyl groups is 1. The van der Waals surface area contributed by atoms with Crippen LogP contribution in [0.2, 0.25) is 0 Å². The van der Waals surface area contributed by atoms with Gasteiger partial charge in [-0.05, 0) is 41.6 Å². The second-order valence-corrected chi connectivity index (χ2v) is 7.21. The molecule has 1 aliphatic heterocycles. The SMILES string of the molecule is CN(C)c1ccc(CN[N+]2(N=Cc3ccccc3O)C(=O)CSC2=O)cc1. The van der Waals surface area contributed by atoms with E-state index in [1.807, 2.05) is 43.3 Å². The third kappa shape index (κ3) is 4.02. The fraction of sp³-hybridized carbons (Fsp3) is 0.211. The summed E-state index contributed by atoms with van der Waals surface area (Å²) in [6.45, 7) is 0.295. The number of benzene rings is 2. The molecule has 0 bridgehead atoms. The number of anilines is 1. The topological polar surface area (TPSA) is 82.0 Å². The standard InChI is InChI=1S/C19H20N4O3S/c1-22(2)16-9-7-14(8-10-16)11-20-23(18(25)13-27-19(23)26)21-12-15-5-3-4-6-17(15)24/h3-10,12,20H,11,13H2,1-2H3/p+1. The van der Waals surface area contributed by atoms with Gasteiger partial charge in [0.15, 0.2) is 0 Å². The molecule has 2 N–H and O–H groups in total. The molecular formula is C19H21N4O3S+. The molecule has 2 aromatic carbocycles. The van der Waals surface area contributed by atoms with Crippen molar-refractivity contribution in [3.63, 3.8) is 0 Å². The average Bonchev–Trinajstić information content (AvgIpc) is 2.94. The molecule has 0 spiro atoms. The van der Waals surface area contributed by atoms with Crippen molar-refractivity contribution in [1.29, 1.82) is 0 Å². The smallest absolute Gasteiger partial charge is 0.429 e. The monoisotopic (exact) mass is 385 g/mol. The van der Waals surface area contributed by atoms with Gasteiger partial charge in [0.25, 0.3) is 0 Å². The number of carbonyl (C=O) groups is 2. The van der Waals surface area contributed by atoms with E-state index in [0.29, 0.717) is 12.1 Å². The number of hydrogen-bond donors (Lipinski definition) is 2. The third-order valence-electron chi connectivity index (χ3n) is 4.22. The van der Waals surface area contributed by atoms with E-state index in [-0.39, 0.29) is 17.4 Å². The molecular weight excluding hydrogens is 364 g/mol. The molecule has 140 valence electrons. The second kappa shape index (κ2) is 7.91. The lowest BCUT2D eigenvalue weighted by Crippen LogP contribution is -2.57. The molecule has 0 aromatic heterocycles. The molecule has 1 unspecified atom stereocenters. The van der Waals surface area contributed by atoms with Gasteiger partial charge in [0, 0.05) is 30.0 Å². The van der Waals surface area contributed by atoms with Gasteiger partial charge in [0.1, 0.15) is 11.5 Å². The lowest BCUT2D eigenvalue weighted by Gasteiger charge is -2.21. The molecule has 1 saturated heterocycles. The van der Waals surface area contributed by atoms with E-state index in [1.165, 1.54) is 12.3 Å². The van der Waals surface area contributed by atoms with Crippen LogP contribution in [0.4, 0.5) is 10.5 Å². The highest BCUT2D eigenvalue weighted by Gasteiger charge is 2.53. The number of phenolic OH excluding ortho intramolecular Hbond substituents is 1. The summed E-state index contributed by atoms with van der Waals surface area (Å²) >= 11 is 0.931. The molecule has 1 aliphatic rings. The molecule has 1 atom stereocenters. The van der Waals surface area contributed by atoms with Crippen molar-refractivity contribution in [2.75, 3.05) is 24.7 Å². The zero-order valence-corrected chi connectivity index (χ0v) is 15.9. The number of carbonyl (C=O) groups excluding carboxylic acids is 2. The molecule has 1 heterocycles. The van der Waals surface area contributed by atoms with E-state index in [0.717, 1.165) is 23.0 Å². The Labute approximate surface area is 161 Å². The van der Waals surface area contributed by atoms with Gasteiger partial charge in [-0.15, -0.1) is 5.43 Å². The van der Waals surface area contributed by atoms with Crippen molar-refractivity contribution >= 4 is 34.8 Å². The van der Waals surface area contributed by atoms with Crippen LogP contribution in [0.3, 0.4) is 0 Å². The Morgan fingerprint density at radius 1 is 1.19 bits per heavy atom. The van der Waals surface area contributed by atoms with E-state index in [9.17, 15) is 14.7 Å². The van der Waals surface area contributed by atoms with E-state index in [2.05, 4.69) is 10.5 Å². The van der Waals surface area contributed by atoms with Crippen molar-refractivity contribution in [1.82, 2.24) is 5.43 Å². The highest BCUT2D eigenvalue weighted by atomic mass is 32.2. The Balaban J connectivity index is 1.83. The Bertz CT molecular complexity index is 865. The summed E-state index contributed by atoms with van der Waals surface area (Å²) in [6, 6.07) is 14.4. The summed E-state index contributed by atoms with van der Waals surface area (Å²) in [5.41, 5.74) is 5.39. The van der Waals surface area contributed by atoms with Gasteiger partial charge in [0.2, 0.25) is 0 Å². The number of quaternary nitrogens is 1. The van der Waals surface area contributed by atoms with Crippen LogP contribution < -0.4 is 10.3 Å². The molecule has 0 saturated carbocycles. The molecule has 2 amide bonds. The minimum Gasteiger partial charge on any atom is -0.507 e. The lowest BCUT2D eigenvalue weighted by molar-refractivity contribution is -0.820. The maximum atomic E-state index is 12.5. The van der Waals surface area contributed by atoms with Gasteiger partial charge in [-0.25, -0.2) is 9.59 Å². The Morgan fingerprint density at radius 2 is 1.89 bits per heavy atom. The van der Waals surface area contributed by atoms with Gasteiger partial charge >= 0.3 is 11.1 Å². The zero-order chi connectivity index (χ0) is 19.4. The summed E-state index contributed by atoms with van der Waals surface area (Å²) < 4.78 is -0.825. The third-order valence-corrected chi connectivity index (χ3v) is 5.12. The van der Waals surface area contributed by atoms with E-state index in [4.69, 9.17) is 0 Å². The van der Waals surface area contributed by atoms with Crippen molar-refractivity contribution in [2.24, 2.45) is 5.10 Å². The first-order valence-corrected chi connectivity index (χ1v) is 9.36. The normalized spacial score (nSPS) is 19.8. The van der Waals surface area contributed by atoms with Crippen molar-refractivity contribution < 1.29 is 19.4 Å². The van der Waals surface area contributed by atoms with Crippen LogP contribution in [0, 0.1) is 0 Å². The maximum Gasteiger partial charge on any atom is 0.429 e. The summed E-state index contributed by atoms with van der Waals surface area (Å²) in [7, 11) is 3.92. The molecule has 27 heavy (non-hydrogen) atoms. The van der Waals surface area contributed by atoms with Crippen LogP contribution in [0.5, 0.6) is 5.75 Å². The molecule has 3 rings (SSSR count). The molecule has 8 heteroatoms. The number of nitrogens with zero attached hydrogens (tertiary/aromatic N) is 3. The Hall–Kier alpha value is -2.68. The lowest BCUT2D eigenvalue weighted by atomic mass is 10.2. The van der Waals surface area contributed by atoms with Crippen LogP contribution in [0.25, 0.3) is 0 Å². The van der Waals surface area contributed by atoms with Gasteiger partial charge < -0.3 is 10.0 Å². The number of para-hydroxylation sites is 1. The first kappa shape index (κ1) is 19.1. The minimum absolute atomic E-state index is 0.0328. The van der Waals surface area contributed by atoms with Crippen molar-refractivity contribution in [3.05, 3.63) is 59.7 Å². The van der Waals surface area contributed by atoms with Crippen LogP contribution >= 0.6 is 11.8 Å². The summed E-state index contributed by atoms with van der Waals surface area (Å²) in [5, 5.41) is 13.7. The van der Waals surface area contributed by atoms with Gasteiger partial charge in [-0.1, -0.05) is 29.4 Å². The van der Waals surface area contributed by atoms with Gasteiger partial charge in [-0.3, -0.25) is 0 Å². The molecule has 0 aliphatic carbocycles. The van der Waals surface area contributed by atoms with Crippen LogP contribution in [-0.4, -0.2) is 47.0 Å². The van der Waals surface area contributed by atoms with E-state index >= 15 is 0 Å². The van der Waals surface area contributed by atoms with Crippen molar-refractivity contribution in [3.8, 4) is 5.75 Å². The highest BCUT2D eigenvalue weighted by Crippen LogP contribution is 2.27. The highest BCUT2D eigenvalue weighted by molar-refractivity contribution is 8.14. The Kier molecular flexibility index (Phi) is 5.59. The number of rotatable bonds is 6. The molecule has 1 fully saturated rings. The number of imide groups is 1. The largest absolute Gasteiger partial charge is 0.507 e. The van der Waals surface area contributed by atoms with E-state index in [1.54, 1.807) is 18.2 Å². The summed E-state index contributed by atoms with van der Waals surface area (Å²) in [4.78, 5) is 26.9. The van der Waals surface area contributed by atoms with Crippen molar-refractivity contribution in [2.45, 2.75) is 6.54 Å². The molecule has 7 nitrogen and oxygen atoms in total. The second-order valence-electron chi connectivity index (χ2n) is 6.28. The number of amides is 2. The first-order valence-electron chi connectivity index (χ1n) is 8.37. The maximum absolute atomic E-state index is 12.5. The first-order chi connectivity index (χ1) is 12.9. The predicted molar refractivity (Wildman–Crippen MR) is 106 cm³/mol. The number of thioether (sulfide) groups is 1. The minimum atomic E-state index is -0.825. The fourth-order valence-corrected chi connectivity index (χ4v) is 3.41. The summed E-state index contributed by atoms with van der Waals surface area (Å²) in [5.74, 6) is -0.254.